The Morgan fingerprint density at radius 1 is 1.26 bits per heavy atom. The lowest BCUT2D eigenvalue weighted by Crippen LogP contribution is -2.35. The van der Waals surface area contributed by atoms with E-state index in [0.717, 1.165) is 0 Å². The number of rotatable bonds is 5. The predicted octanol–water partition coefficient (Wildman–Crippen LogP) is 1.12. The number of hydrogen-bond donors (Lipinski definition) is 1. The van der Waals surface area contributed by atoms with Crippen LogP contribution in [0, 0.1) is 0 Å². The number of amides is 2. The van der Waals surface area contributed by atoms with E-state index in [-0.39, 0.29) is 25.0 Å². The molecule has 1 rings (SSSR count). The van der Waals surface area contributed by atoms with Gasteiger partial charge in [-0.15, -0.1) is 0 Å². The van der Waals surface area contributed by atoms with Crippen molar-refractivity contribution in [2.75, 3.05) is 31.6 Å². The van der Waals surface area contributed by atoms with E-state index in [1.807, 2.05) is 6.92 Å². The van der Waals surface area contributed by atoms with Crippen molar-refractivity contribution < 1.29 is 14.7 Å². The summed E-state index contributed by atoms with van der Waals surface area (Å²) < 4.78 is 0. The van der Waals surface area contributed by atoms with Gasteiger partial charge in [0.2, 0.25) is 5.91 Å². The van der Waals surface area contributed by atoms with E-state index < -0.39 is 0 Å². The van der Waals surface area contributed by atoms with Gasteiger partial charge in [-0.1, -0.05) is 12.1 Å². The molecule has 0 aliphatic rings. The lowest BCUT2D eigenvalue weighted by atomic mass is 10.1. The van der Waals surface area contributed by atoms with Crippen LogP contribution in [-0.2, 0) is 4.79 Å². The largest absolute Gasteiger partial charge is 0.395 e. The Bertz CT molecular complexity index is 460. The molecule has 0 unspecified atom stereocenters. The SMILES string of the molecule is CCN(CCO)C(=O)c1ccccc1N(C)C(C)=O. The van der Waals surface area contributed by atoms with E-state index >= 15 is 0 Å². The Morgan fingerprint density at radius 2 is 1.89 bits per heavy atom. The molecule has 0 atom stereocenters. The first-order valence-electron chi connectivity index (χ1n) is 6.26. The maximum atomic E-state index is 12.4. The number of nitrogens with zero attached hydrogens (tertiary/aromatic N) is 2. The third-order valence-electron chi connectivity index (χ3n) is 3.01. The van der Waals surface area contributed by atoms with Crippen molar-refractivity contribution in [2.24, 2.45) is 0 Å². The van der Waals surface area contributed by atoms with Gasteiger partial charge < -0.3 is 14.9 Å². The normalized spacial score (nSPS) is 10.1. The molecule has 104 valence electrons. The number of anilines is 1. The number of aliphatic hydroxyl groups is 1. The molecule has 0 spiro atoms. The molecule has 0 bridgehead atoms. The first kappa shape index (κ1) is 15.2. The average Bonchev–Trinajstić information content (AvgIpc) is 2.43. The van der Waals surface area contributed by atoms with Gasteiger partial charge >= 0.3 is 0 Å². The molecule has 2 amide bonds. The van der Waals surface area contributed by atoms with Crippen molar-refractivity contribution in [1.82, 2.24) is 4.90 Å². The van der Waals surface area contributed by atoms with Crippen molar-refractivity contribution in [3.8, 4) is 0 Å². The molecule has 1 N–H and O–H groups in total. The number of hydrogen-bond acceptors (Lipinski definition) is 3. The molecule has 0 aromatic heterocycles. The smallest absolute Gasteiger partial charge is 0.256 e. The van der Waals surface area contributed by atoms with Crippen molar-refractivity contribution >= 4 is 17.5 Å². The minimum Gasteiger partial charge on any atom is -0.395 e. The fourth-order valence-electron chi connectivity index (χ4n) is 1.81. The molecule has 0 aliphatic heterocycles. The summed E-state index contributed by atoms with van der Waals surface area (Å²) in [7, 11) is 1.64. The van der Waals surface area contributed by atoms with E-state index in [1.165, 1.54) is 11.8 Å². The van der Waals surface area contributed by atoms with Crippen LogP contribution in [0.5, 0.6) is 0 Å². The highest BCUT2D eigenvalue weighted by molar-refractivity contribution is 6.04. The highest BCUT2D eigenvalue weighted by atomic mass is 16.3. The van der Waals surface area contributed by atoms with Gasteiger partial charge in [-0.2, -0.15) is 0 Å². The minimum atomic E-state index is -0.180. The summed E-state index contributed by atoms with van der Waals surface area (Å²) in [4.78, 5) is 26.8. The van der Waals surface area contributed by atoms with Crippen molar-refractivity contribution in [2.45, 2.75) is 13.8 Å². The van der Waals surface area contributed by atoms with E-state index in [1.54, 1.807) is 36.2 Å². The molecule has 0 heterocycles. The highest BCUT2D eigenvalue weighted by Crippen LogP contribution is 2.21. The van der Waals surface area contributed by atoms with Gasteiger partial charge in [0.25, 0.3) is 5.91 Å². The Morgan fingerprint density at radius 3 is 2.42 bits per heavy atom. The van der Waals surface area contributed by atoms with Crippen molar-refractivity contribution in [1.29, 1.82) is 0 Å². The van der Waals surface area contributed by atoms with Crippen LogP contribution >= 0.6 is 0 Å². The number of carbonyl (C=O) groups is 2. The number of benzene rings is 1. The van der Waals surface area contributed by atoms with Crippen LogP contribution in [0.25, 0.3) is 0 Å². The second kappa shape index (κ2) is 6.89. The van der Waals surface area contributed by atoms with E-state index in [9.17, 15) is 9.59 Å². The predicted molar refractivity (Wildman–Crippen MR) is 74.2 cm³/mol. The van der Waals surface area contributed by atoms with Crippen molar-refractivity contribution in [3.63, 3.8) is 0 Å². The van der Waals surface area contributed by atoms with Gasteiger partial charge in [-0.3, -0.25) is 9.59 Å². The lowest BCUT2D eigenvalue weighted by Gasteiger charge is -2.24. The summed E-state index contributed by atoms with van der Waals surface area (Å²) in [5.41, 5.74) is 1.05. The fourth-order valence-corrected chi connectivity index (χ4v) is 1.81. The van der Waals surface area contributed by atoms with Crippen LogP contribution in [0.4, 0.5) is 5.69 Å². The number of para-hydroxylation sites is 1. The molecule has 0 fully saturated rings. The minimum absolute atomic E-state index is 0.0791. The lowest BCUT2D eigenvalue weighted by molar-refractivity contribution is -0.116. The number of likely N-dealkylation sites (N-methyl/N-ethyl adjacent to an activating group) is 1. The van der Waals surface area contributed by atoms with E-state index in [4.69, 9.17) is 5.11 Å². The molecule has 19 heavy (non-hydrogen) atoms. The number of aliphatic hydroxyl groups excluding tert-OH is 1. The first-order chi connectivity index (χ1) is 9.02. The van der Waals surface area contributed by atoms with Crippen LogP contribution in [0.3, 0.4) is 0 Å². The summed E-state index contributed by atoms with van der Waals surface area (Å²) in [6, 6.07) is 6.98. The zero-order valence-electron chi connectivity index (χ0n) is 11.6. The van der Waals surface area contributed by atoms with E-state index in [2.05, 4.69) is 0 Å². The Hall–Kier alpha value is -1.88. The van der Waals surface area contributed by atoms with Crippen molar-refractivity contribution in [3.05, 3.63) is 29.8 Å². The molecule has 1 aromatic rings. The fraction of sp³-hybridized carbons (Fsp3) is 0.429. The third kappa shape index (κ3) is 3.54. The molecule has 5 heteroatoms. The van der Waals surface area contributed by atoms with Gasteiger partial charge in [0.1, 0.15) is 0 Å². The van der Waals surface area contributed by atoms with Gasteiger partial charge in [0.05, 0.1) is 17.9 Å². The Kier molecular flexibility index (Phi) is 5.51. The molecule has 5 nitrogen and oxygen atoms in total. The van der Waals surface area contributed by atoms with Crippen LogP contribution in [-0.4, -0.2) is 48.6 Å². The number of carbonyl (C=O) groups excluding carboxylic acids is 2. The van der Waals surface area contributed by atoms with Gasteiger partial charge in [-0.25, -0.2) is 0 Å². The second-order valence-electron chi connectivity index (χ2n) is 4.20. The highest BCUT2D eigenvalue weighted by Gasteiger charge is 2.19. The summed E-state index contributed by atoms with van der Waals surface area (Å²) in [5, 5.41) is 8.97. The second-order valence-corrected chi connectivity index (χ2v) is 4.20. The summed E-state index contributed by atoms with van der Waals surface area (Å²) in [5.74, 6) is -0.314. The monoisotopic (exact) mass is 264 g/mol. The van der Waals surface area contributed by atoms with Crippen LogP contribution < -0.4 is 4.90 Å². The third-order valence-corrected chi connectivity index (χ3v) is 3.01. The van der Waals surface area contributed by atoms with Crippen LogP contribution in [0.2, 0.25) is 0 Å². The van der Waals surface area contributed by atoms with Gasteiger partial charge in [-0.05, 0) is 19.1 Å². The van der Waals surface area contributed by atoms with Crippen LogP contribution in [0.15, 0.2) is 24.3 Å². The molecule has 1 aromatic carbocycles. The maximum absolute atomic E-state index is 12.4. The van der Waals surface area contributed by atoms with Gasteiger partial charge in [0, 0.05) is 27.1 Å². The molecular formula is C14H20N2O3. The standard InChI is InChI=1S/C14H20N2O3/c1-4-16(9-10-17)14(19)12-7-5-6-8-13(12)15(3)11(2)18/h5-8,17H,4,9-10H2,1-3H3. The molecule has 0 radical (unpaired) electrons. The molecular weight excluding hydrogens is 244 g/mol. The topological polar surface area (TPSA) is 60.9 Å². The molecule has 0 aliphatic carbocycles. The maximum Gasteiger partial charge on any atom is 0.256 e. The first-order valence-corrected chi connectivity index (χ1v) is 6.26. The zero-order chi connectivity index (χ0) is 14.4. The average molecular weight is 264 g/mol. The van der Waals surface area contributed by atoms with Gasteiger partial charge in [0.15, 0.2) is 0 Å². The molecule has 0 saturated carbocycles. The zero-order valence-corrected chi connectivity index (χ0v) is 11.6. The van der Waals surface area contributed by atoms with E-state index in [0.29, 0.717) is 17.8 Å². The Labute approximate surface area is 113 Å². The molecule has 0 saturated heterocycles. The summed E-state index contributed by atoms with van der Waals surface area (Å²) in [6.45, 7) is 4.02. The summed E-state index contributed by atoms with van der Waals surface area (Å²) in [6.07, 6.45) is 0. The quantitative estimate of drug-likeness (QED) is 0.867. The van der Waals surface area contributed by atoms with Crippen LogP contribution in [0.1, 0.15) is 24.2 Å². The Balaban J connectivity index is 3.12. The summed E-state index contributed by atoms with van der Waals surface area (Å²) >= 11 is 0.